The summed E-state index contributed by atoms with van der Waals surface area (Å²) in [5, 5.41) is 7.76. The molecule has 0 spiro atoms. The van der Waals surface area contributed by atoms with Crippen molar-refractivity contribution >= 4 is 23.2 Å². The third-order valence-electron chi connectivity index (χ3n) is 3.13. The summed E-state index contributed by atoms with van der Waals surface area (Å²) in [6, 6.07) is 7.14. The monoisotopic (exact) mass is 289 g/mol. The minimum absolute atomic E-state index is 0.166. The van der Waals surface area contributed by atoms with E-state index in [-0.39, 0.29) is 16.9 Å². The molecule has 0 aliphatic carbocycles. The standard InChI is InChI=1S/C14H12ClN3O2/c1-3-18-10-6-8(2)4-5-11(10)20-13-9(14(18)19)7-12(15)16-17-13/h4-7H,3H2,1-2H3. The van der Waals surface area contributed by atoms with Gasteiger partial charge in [-0.05, 0) is 37.6 Å². The molecule has 1 amide bonds. The van der Waals surface area contributed by atoms with Crippen molar-refractivity contribution in [2.24, 2.45) is 0 Å². The molecular formula is C14H12ClN3O2. The van der Waals surface area contributed by atoms with Gasteiger partial charge in [-0.25, -0.2) is 0 Å². The van der Waals surface area contributed by atoms with Crippen LogP contribution in [0.25, 0.3) is 0 Å². The van der Waals surface area contributed by atoms with Crippen LogP contribution in [0.3, 0.4) is 0 Å². The summed E-state index contributed by atoms with van der Waals surface area (Å²) in [6.45, 7) is 4.40. The van der Waals surface area contributed by atoms with Crippen molar-refractivity contribution in [3.8, 4) is 11.6 Å². The van der Waals surface area contributed by atoms with Crippen LogP contribution in [0.15, 0.2) is 24.3 Å². The smallest absolute Gasteiger partial charge is 0.264 e. The van der Waals surface area contributed by atoms with Crippen LogP contribution in [-0.4, -0.2) is 22.6 Å². The number of hydrogen-bond donors (Lipinski definition) is 0. The molecule has 20 heavy (non-hydrogen) atoms. The number of nitrogens with zero attached hydrogens (tertiary/aromatic N) is 3. The fourth-order valence-electron chi connectivity index (χ4n) is 2.18. The Kier molecular flexibility index (Phi) is 3.06. The number of anilines is 1. The van der Waals surface area contributed by atoms with Gasteiger partial charge < -0.3 is 9.64 Å². The van der Waals surface area contributed by atoms with Gasteiger partial charge in [-0.1, -0.05) is 17.7 Å². The molecule has 2 heterocycles. The number of carbonyl (C=O) groups is 1. The molecule has 0 fully saturated rings. The molecule has 1 aromatic heterocycles. The Morgan fingerprint density at radius 3 is 2.85 bits per heavy atom. The number of hydrogen-bond acceptors (Lipinski definition) is 4. The predicted octanol–water partition coefficient (Wildman–Crippen LogP) is 3.21. The van der Waals surface area contributed by atoms with Crippen molar-refractivity contribution in [3.05, 3.63) is 40.5 Å². The van der Waals surface area contributed by atoms with Crippen LogP contribution < -0.4 is 9.64 Å². The number of fused-ring (bicyclic) bond motifs is 2. The van der Waals surface area contributed by atoms with Crippen LogP contribution in [0.1, 0.15) is 22.8 Å². The van der Waals surface area contributed by atoms with E-state index in [0.29, 0.717) is 17.9 Å². The van der Waals surface area contributed by atoms with Gasteiger partial charge in [-0.15, -0.1) is 10.2 Å². The van der Waals surface area contributed by atoms with Crippen LogP contribution in [0.5, 0.6) is 11.6 Å². The second-order valence-electron chi connectivity index (χ2n) is 4.51. The van der Waals surface area contributed by atoms with Crippen molar-refractivity contribution in [1.29, 1.82) is 0 Å². The van der Waals surface area contributed by atoms with E-state index < -0.39 is 0 Å². The summed E-state index contributed by atoms with van der Waals surface area (Å²) < 4.78 is 5.72. The highest BCUT2D eigenvalue weighted by molar-refractivity contribution is 6.29. The zero-order valence-electron chi connectivity index (χ0n) is 11.1. The number of aryl methyl sites for hydroxylation is 1. The zero-order valence-corrected chi connectivity index (χ0v) is 11.8. The Bertz CT molecular complexity index is 703. The number of rotatable bonds is 1. The highest BCUT2D eigenvalue weighted by atomic mass is 35.5. The van der Waals surface area contributed by atoms with E-state index in [1.165, 1.54) is 6.07 Å². The lowest BCUT2D eigenvalue weighted by molar-refractivity contribution is 0.0988. The van der Waals surface area contributed by atoms with Crippen LogP contribution in [-0.2, 0) is 0 Å². The van der Waals surface area contributed by atoms with Gasteiger partial charge in [0.05, 0.1) is 5.69 Å². The number of amides is 1. The first-order valence-electron chi connectivity index (χ1n) is 6.23. The Morgan fingerprint density at radius 2 is 2.10 bits per heavy atom. The number of ether oxygens (including phenoxy) is 1. The molecule has 0 radical (unpaired) electrons. The average Bonchev–Trinajstić information content (AvgIpc) is 2.54. The van der Waals surface area contributed by atoms with E-state index in [1.54, 1.807) is 4.90 Å². The Balaban J connectivity index is 2.23. The Labute approximate surface area is 121 Å². The molecule has 0 saturated heterocycles. The lowest BCUT2D eigenvalue weighted by Crippen LogP contribution is -2.30. The molecule has 3 rings (SSSR count). The SMILES string of the molecule is CCN1C(=O)c2cc(Cl)nnc2Oc2ccc(C)cc21. The van der Waals surface area contributed by atoms with E-state index in [4.69, 9.17) is 16.3 Å². The van der Waals surface area contributed by atoms with Gasteiger partial charge >= 0.3 is 0 Å². The first kappa shape index (κ1) is 12.9. The van der Waals surface area contributed by atoms with Gasteiger partial charge in [0.2, 0.25) is 0 Å². The van der Waals surface area contributed by atoms with Crippen molar-refractivity contribution < 1.29 is 9.53 Å². The second-order valence-corrected chi connectivity index (χ2v) is 4.90. The molecule has 6 heteroatoms. The molecule has 0 unspecified atom stereocenters. The first-order valence-corrected chi connectivity index (χ1v) is 6.61. The molecule has 0 N–H and O–H groups in total. The van der Waals surface area contributed by atoms with Crippen LogP contribution in [0, 0.1) is 6.92 Å². The maximum atomic E-state index is 12.6. The lowest BCUT2D eigenvalue weighted by Gasteiger charge is -2.20. The van der Waals surface area contributed by atoms with E-state index in [2.05, 4.69) is 10.2 Å². The number of carbonyl (C=O) groups excluding carboxylic acids is 1. The summed E-state index contributed by atoms with van der Waals surface area (Å²) in [5.74, 6) is 0.574. The topological polar surface area (TPSA) is 55.3 Å². The second kappa shape index (κ2) is 4.76. The fraction of sp³-hybridized carbons (Fsp3) is 0.214. The average molecular weight is 290 g/mol. The van der Waals surface area contributed by atoms with Gasteiger partial charge in [0, 0.05) is 6.54 Å². The van der Waals surface area contributed by atoms with Gasteiger partial charge in [-0.3, -0.25) is 4.79 Å². The van der Waals surface area contributed by atoms with Gasteiger partial charge in [0.1, 0.15) is 5.56 Å². The fourth-order valence-corrected chi connectivity index (χ4v) is 2.33. The molecule has 5 nitrogen and oxygen atoms in total. The summed E-state index contributed by atoms with van der Waals surface area (Å²) in [6.07, 6.45) is 0. The maximum absolute atomic E-state index is 12.6. The summed E-state index contributed by atoms with van der Waals surface area (Å²) in [4.78, 5) is 14.3. The van der Waals surface area contributed by atoms with Crippen molar-refractivity contribution in [1.82, 2.24) is 10.2 Å². The first-order chi connectivity index (χ1) is 9.60. The summed E-state index contributed by atoms with van der Waals surface area (Å²) >= 11 is 5.82. The lowest BCUT2D eigenvalue weighted by atomic mass is 10.2. The van der Waals surface area contributed by atoms with Gasteiger partial charge in [0.25, 0.3) is 11.8 Å². The van der Waals surface area contributed by atoms with Crippen molar-refractivity contribution in [2.45, 2.75) is 13.8 Å². The third-order valence-corrected chi connectivity index (χ3v) is 3.32. The number of halogens is 1. The molecule has 1 aromatic carbocycles. The molecule has 102 valence electrons. The van der Waals surface area contributed by atoms with Gasteiger partial charge in [0.15, 0.2) is 10.9 Å². The minimum Gasteiger partial charge on any atom is -0.435 e. The largest absolute Gasteiger partial charge is 0.435 e. The van der Waals surface area contributed by atoms with E-state index in [0.717, 1.165) is 11.3 Å². The number of benzene rings is 1. The van der Waals surface area contributed by atoms with Gasteiger partial charge in [-0.2, -0.15) is 0 Å². The van der Waals surface area contributed by atoms with E-state index in [9.17, 15) is 4.79 Å². The summed E-state index contributed by atoms with van der Waals surface area (Å²) in [5.41, 5.74) is 2.10. The Hall–Kier alpha value is -2.14. The normalized spacial score (nSPS) is 13.3. The molecule has 0 atom stereocenters. The van der Waals surface area contributed by atoms with Crippen molar-refractivity contribution in [3.63, 3.8) is 0 Å². The Morgan fingerprint density at radius 1 is 1.30 bits per heavy atom. The molecule has 1 aliphatic rings. The zero-order chi connectivity index (χ0) is 14.3. The van der Waals surface area contributed by atoms with E-state index >= 15 is 0 Å². The molecule has 0 saturated carbocycles. The molecule has 0 bridgehead atoms. The van der Waals surface area contributed by atoms with Crippen LogP contribution in [0.4, 0.5) is 5.69 Å². The molecular weight excluding hydrogens is 278 g/mol. The van der Waals surface area contributed by atoms with E-state index in [1.807, 2.05) is 32.0 Å². The molecule has 2 aromatic rings. The maximum Gasteiger partial charge on any atom is 0.264 e. The third kappa shape index (κ3) is 2.00. The van der Waals surface area contributed by atoms with Crippen LogP contribution >= 0.6 is 11.6 Å². The number of aromatic nitrogens is 2. The summed E-state index contributed by atoms with van der Waals surface area (Å²) in [7, 11) is 0. The minimum atomic E-state index is -0.191. The highest BCUT2D eigenvalue weighted by Crippen LogP contribution is 2.38. The highest BCUT2D eigenvalue weighted by Gasteiger charge is 2.28. The molecule has 1 aliphatic heterocycles. The quantitative estimate of drug-likeness (QED) is 0.809. The van der Waals surface area contributed by atoms with Crippen molar-refractivity contribution in [2.75, 3.05) is 11.4 Å². The predicted molar refractivity (Wildman–Crippen MR) is 75.6 cm³/mol. The van der Waals surface area contributed by atoms with Crippen LogP contribution in [0.2, 0.25) is 5.15 Å².